The Bertz CT molecular complexity index is 627. The molecule has 8 heteroatoms. The highest BCUT2D eigenvalue weighted by Gasteiger charge is 2.33. The lowest BCUT2D eigenvalue weighted by molar-refractivity contribution is -0.144. The summed E-state index contributed by atoms with van der Waals surface area (Å²) in [7, 11) is 0. The number of nitrogens with one attached hydrogen (secondary N) is 1. The van der Waals surface area contributed by atoms with Crippen molar-refractivity contribution >= 4 is 40.7 Å². The molecule has 1 saturated heterocycles. The van der Waals surface area contributed by atoms with Crippen LogP contribution in [0.15, 0.2) is 18.2 Å². The topological polar surface area (TPSA) is 84.7 Å². The average Bonchev–Trinajstić information content (AvgIpc) is 3.06. The molecule has 1 fully saturated rings. The second-order valence-corrected chi connectivity index (χ2v) is 6.84. The van der Waals surface area contributed by atoms with E-state index in [1.54, 1.807) is 18.2 Å². The third-order valence-corrected chi connectivity index (χ3v) is 4.55. The van der Waals surface area contributed by atoms with Crippen molar-refractivity contribution in [2.75, 3.05) is 25.0 Å². The predicted octanol–water partition coefficient (Wildman–Crippen LogP) is 2.68. The molecule has 2 rings (SSSR count). The minimum atomic E-state index is -0.525. The van der Waals surface area contributed by atoms with Crippen LogP contribution in [0.1, 0.15) is 26.2 Å². The fourth-order valence-electron chi connectivity index (χ4n) is 2.76. The first-order chi connectivity index (χ1) is 11.9. The predicted molar refractivity (Wildman–Crippen MR) is 98.9 cm³/mol. The summed E-state index contributed by atoms with van der Waals surface area (Å²) in [6.07, 6.45) is 1.52. The third kappa shape index (κ3) is 5.57. The number of carbonyl (C=O) groups excluding carboxylic acids is 2. The summed E-state index contributed by atoms with van der Waals surface area (Å²) < 4.78 is 5.65. The van der Waals surface area contributed by atoms with Crippen LogP contribution in [0.4, 0.5) is 5.69 Å². The van der Waals surface area contributed by atoms with Gasteiger partial charge in [-0.25, -0.2) is 0 Å². The lowest BCUT2D eigenvalue weighted by Crippen LogP contribution is -2.44. The van der Waals surface area contributed by atoms with E-state index in [-0.39, 0.29) is 24.5 Å². The highest BCUT2D eigenvalue weighted by atomic mass is 35.5. The Kier molecular flexibility index (Phi) is 7.50. The number of nitrogens with two attached hydrogens (primary N) is 1. The van der Waals surface area contributed by atoms with Crippen LogP contribution < -0.4 is 11.1 Å². The van der Waals surface area contributed by atoms with E-state index >= 15 is 0 Å². The van der Waals surface area contributed by atoms with E-state index in [0.29, 0.717) is 35.2 Å². The van der Waals surface area contributed by atoms with Gasteiger partial charge >= 0.3 is 0 Å². The second kappa shape index (κ2) is 9.38. The minimum absolute atomic E-state index is 0.0668. The molecule has 1 aliphatic rings. The van der Waals surface area contributed by atoms with Crippen LogP contribution in [-0.4, -0.2) is 48.6 Å². The van der Waals surface area contributed by atoms with Crippen LogP contribution in [0.2, 0.25) is 10.0 Å². The Hall–Kier alpha value is -1.34. The number of nitrogens with zero attached hydrogens (tertiary/aromatic N) is 1. The van der Waals surface area contributed by atoms with Gasteiger partial charge in [0.25, 0.3) is 5.91 Å². The number of ether oxygens (including phenoxy) is 1. The van der Waals surface area contributed by atoms with Crippen LogP contribution >= 0.6 is 23.2 Å². The number of rotatable bonds is 7. The summed E-state index contributed by atoms with van der Waals surface area (Å²) in [4.78, 5) is 26.5. The van der Waals surface area contributed by atoms with E-state index in [0.717, 1.165) is 12.8 Å². The van der Waals surface area contributed by atoms with Crippen LogP contribution in [0.25, 0.3) is 0 Å². The Morgan fingerprint density at radius 3 is 2.76 bits per heavy atom. The van der Waals surface area contributed by atoms with Crippen molar-refractivity contribution < 1.29 is 14.3 Å². The van der Waals surface area contributed by atoms with Gasteiger partial charge in [0.2, 0.25) is 5.91 Å². The van der Waals surface area contributed by atoms with Crippen molar-refractivity contribution in [3.8, 4) is 0 Å². The van der Waals surface area contributed by atoms with Crippen LogP contribution in [0.5, 0.6) is 0 Å². The number of amides is 2. The molecule has 0 aliphatic carbocycles. The molecule has 1 heterocycles. The van der Waals surface area contributed by atoms with E-state index in [2.05, 4.69) is 5.32 Å². The van der Waals surface area contributed by atoms with E-state index in [4.69, 9.17) is 33.7 Å². The van der Waals surface area contributed by atoms with E-state index in [1.807, 2.05) is 6.92 Å². The van der Waals surface area contributed by atoms with Gasteiger partial charge in [-0.1, -0.05) is 30.1 Å². The first-order valence-electron chi connectivity index (χ1n) is 8.33. The van der Waals surface area contributed by atoms with Gasteiger partial charge in [0.1, 0.15) is 6.10 Å². The largest absolute Gasteiger partial charge is 0.364 e. The molecule has 138 valence electrons. The Labute approximate surface area is 157 Å². The summed E-state index contributed by atoms with van der Waals surface area (Å²) >= 11 is 12.0. The molecular weight excluding hydrogens is 365 g/mol. The standard InChI is InChI=1S/C17H23Cl2N3O3/c1-2-7-22(17(24)15-6-4-12(9-20)25-15)10-16(23)21-14-8-11(18)3-5-13(14)19/h3,5,8,12,15H,2,4,6-7,9-10,20H2,1H3,(H,21,23)/t12-,15+/m1/s1. The van der Waals surface area contributed by atoms with Gasteiger partial charge in [-0.3, -0.25) is 9.59 Å². The van der Waals surface area contributed by atoms with Crippen LogP contribution in [-0.2, 0) is 14.3 Å². The summed E-state index contributed by atoms with van der Waals surface area (Å²) in [5, 5.41) is 3.55. The zero-order valence-electron chi connectivity index (χ0n) is 14.1. The van der Waals surface area contributed by atoms with Crippen molar-refractivity contribution in [3.63, 3.8) is 0 Å². The summed E-state index contributed by atoms with van der Waals surface area (Å²) in [6.45, 7) is 2.75. The summed E-state index contributed by atoms with van der Waals surface area (Å²) in [5.74, 6) is -0.510. The van der Waals surface area contributed by atoms with Crippen molar-refractivity contribution in [2.45, 2.75) is 38.4 Å². The molecule has 2 atom stereocenters. The number of anilines is 1. The zero-order chi connectivity index (χ0) is 18.4. The fourth-order valence-corrected chi connectivity index (χ4v) is 3.09. The molecule has 0 bridgehead atoms. The number of benzene rings is 1. The molecule has 0 aromatic heterocycles. The summed E-state index contributed by atoms with van der Waals surface area (Å²) in [5.41, 5.74) is 6.01. The van der Waals surface area contributed by atoms with Gasteiger partial charge < -0.3 is 20.7 Å². The first kappa shape index (κ1) is 20.0. The fraction of sp³-hybridized carbons (Fsp3) is 0.529. The average molecular weight is 388 g/mol. The maximum atomic E-state index is 12.6. The smallest absolute Gasteiger partial charge is 0.252 e. The monoisotopic (exact) mass is 387 g/mol. The maximum absolute atomic E-state index is 12.6. The van der Waals surface area contributed by atoms with Crippen molar-refractivity contribution in [1.29, 1.82) is 0 Å². The highest BCUT2D eigenvalue weighted by Crippen LogP contribution is 2.25. The Balaban J connectivity index is 1.99. The molecule has 1 aliphatic heterocycles. The van der Waals surface area contributed by atoms with Crippen molar-refractivity contribution in [1.82, 2.24) is 4.90 Å². The molecular formula is C17H23Cl2N3O3. The Morgan fingerprint density at radius 2 is 2.12 bits per heavy atom. The normalized spacial score (nSPS) is 19.7. The van der Waals surface area contributed by atoms with E-state index in [1.165, 1.54) is 4.90 Å². The quantitative estimate of drug-likeness (QED) is 0.752. The molecule has 1 aromatic rings. The van der Waals surface area contributed by atoms with E-state index < -0.39 is 6.10 Å². The minimum Gasteiger partial charge on any atom is -0.364 e. The second-order valence-electron chi connectivity index (χ2n) is 5.99. The molecule has 6 nitrogen and oxygen atoms in total. The van der Waals surface area contributed by atoms with Gasteiger partial charge in [-0.05, 0) is 37.5 Å². The molecule has 0 saturated carbocycles. The van der Waals surface area contributed by atoms with Crippen LogP contribution in [0.3, 0.4) is 0 Å². The van der Waals surface area contributed by atoms with Gasteiger partial charge in [-0.2, -0.15) is 0 Å². The SMILES string of the molecule is CCCN(CC(=O)Nc1cc(Cl)ccc1Cl)C(=O)[C@@H]1CC[C@H](CN)O1. The number of halogens is 2. The maximum Gasteiger partial charge on any atom is 0.252 e. The molecule has 3 N–H and O–H groups in total. The third-order valence-electron chi connectivity index (χ3n) is 3.99. The van der Waals surface area contributed by atoms with E-state index in [9.17, 15) is 9.59 Å². The van der Waals surface area contributed by atoms with Gasteiger partial charge in [0.15, 0.2) is 0 Å². The molecule has 1 aromatic carbocycles. The lowest BCUT2D eigenvalue weighted by atomic mass is 10.1. The van der Waals surface area contributed by atoms with Gasteiger partial charge in [0, 0.05) is 18.1 Å². The molecule has 2 amide bonds. The summed E-state index contributed by atoms with van der Waals surface area (Å²) in [6, 6.07) is 4.81. The molecule has 0 spiro atoms. The molecule has 0 unspecified atom stereocenters. The first-order valence-corrected chi connectivity index (χ1v) is 9.09. The van der Waals surface area contributed by atoms with Gasteiger partial charge in [0.05, 0.1) is 23.4 Å². The Morgan fingerprint density at radius 1 is 1.36 bits per heavy atom. The number of carbonyl (C=O) groups is 2. The highest BCUT2D eigenvalue weighted by molar-refractivity contribution is 6.35. The zero-order valence-corrected chi connectivity index (χ0v) is 15.6. The lowest BCUT2D eigenvalue weighted by Gasteiger charge is -2.25. The van der Waals surface area contributed by atoms with Crippen molar-refractivity contribution in [3.05, 3.63) is 28.2 Å². The number of hydrogen-bond donors (Lipinski definition) is 2. The van der Waals surface area contributed by atoms with Crippen LogP contribution in [0, 0.1) is 0 Å². The van der Waals surface area contributed by atoms with Gasteiger partial charge in [-0.15, -0.1) is 0 Å². The molecule has 0 radical (unpaired) electrons. The van der Waals surface area contributed by atoms with Crippen molar-refractivity contribution in [2.24, 2.45) is 5.73 Å². The number of hydrogen-bond acceptors (Lipinski definition) is 4. The molecule has 25 heavy (non-hydrogen) atoms.